The van der Waals surface area contributed by atoms with Crippen molar-refractivity contribution in [2.24, 2.45) is 0 Å². The van der Waals surface area contributed by atoms with Gasteiger partial charge in [-0.05, 0) is 30.5 Å². The summed E-state index contributed by atoms with van der Waals surface area (Å²) in [6, 6.07) is 2.45. The lowest BCUT2D eigenvalue weighted by Crippen LogP contribution is -2.04. The number of halogens is 1. The third-order valence-electron chi connectivity index (χ3n) is 2.30. The first kappa shape index (κ1) is 8.05. The van der Waals surface area contributed by atoms with Crippen LogP contribution in [0.1, 0.15) is 12.8 Å². The first-order chi connectivity index (χ1) is 6.83. The molecule has 0 spiro atoms. The van der Waals surface area contributed by atoms with Gasteiger partial charge in [-0.15, -0.1) is 0 Å². The number of aromatic nitrogens is 3. The number of nitrogens with one attached hydrogen (secondary N) is 2. The summed E-state index contributed by atoms with van der Waals surface area (Å²) in [6.07, 6.45) is 4.27. The Balaban J connectivity index is 2.13. The molecule has 0 radical (unpaired) electrons. The number of rotatable bonds is 2. The van der Waals surface area contributed by atoms with Gasteiger partial charge in [0.05, 0.1) is 5.52 Å². The molecule has 2 N–H and O–H groups in total. The molecule has 3 rings (SSSR count). The SMILES string of the molecule is Clc1nc(NC2CC2)c2[nH]ccc2n1. The fourth-order valence-electron chi connectivity index (χ4n) is 1.44. The van der Waals surface area contributed by atoms with Gasteiger partial charge in [-0.1, -0.05) is 0 Å². The minimum absolute atomic E-state index is 0.292. The molecule has 2 aromatic heterocycles. The standard InChI is InChI=1S/C9H9ClN4/c10-9-13-6-3-4-11-7(6)8(14-9)12-5-1-2-5/h3-5,11H,1-2H2,(H,12,13,14). The van der Waals surface area contributed by atoms with Crippen molar-refractivity contribution in [1.82, 2.24) is 15.0 Å². The minimum atomic E-state index is 0.292. The smallest absolute Gasteiger partial charge is 0.225 e. The lowest BCUT2D eigenvalue weighted by molar-refractivity contribution is 1.10. The van der Waals surface area contributed by atoms with E-state index in [-0.39, 0.29) is 0 Å². The molecule has 0 unspecified atom stereocenters. The molecule has 1 aliphatic carbocycles. The highest BCUT2D eigenvalue weighted by Gasteiger charge is 2.22. The highest BCUT2D eigenvalue weighted by molar-refractivity contribution is 6.28. The van der Waals surface area contributed by atoms with Crippen LogP contribution < -0.4 is 5.32 Å². The third kappa shape index (κ3) is 1.32. The molecule has 5 heteroatoms. The summed E-state index contributed by atoms with van der Waals surface area (Å²) >= 11 is 5.81. The molecule has 2 heterocycles. The predicted molar refractivity (Wildman–Crippen MR) is 55.5 cm³/mol. The van der Waals surface area contributed by atoms with Crippen molar-refractivity contribution in [3.05, 3.63) is 17.5 Å². The molecule has 0 atom stereocenters. The zero-order valence-corrected chi connectivity index (χ0v) is 8.17. The van der Waals surface area contributed by atoms with E-state index in [1.54, 1.807) is 0 Å². The van der Waals surface area contributed by atoms with Crippen molar-refractivity contribution in [2.75, 3.05) is 5.32 Å². The molecule has 1 aliphatic rings. The van der Waals surface area contributed by atoms with E-state index in [0.717, 1.165) is 16.9 Å². The van der Waals surface area contributed by atoms with Gasteiger partial charge in [-0.3, -0.25) is 0 Å². The fourth-order valence-corrected chi connectivity index (χ4v) is 1.62. The molecular weight excluding hydrogens is 200 g/mol. The van der Waals surface area contributed by atoms with Gasteiger partial charge >= 0.3 is 0 Å². The van der Waals surface area contributed by atoms with Gasteiger partial charge in [-0.25, -0.2) is 4.98 Å². The monoisotopic (exact) mass is 208 g/mol. The molecule has 0 aromatic carbocycles. The highest BCUT2D eigenvalue weighted by Crippen LogP contribution is 2.27. The van der Waals surface area contributed by atoms with Crippen molar-refractivity contribution in [2.45, 2.75) is 18.9 Å². The molecule has 0 saturated heterocycles. The second-order valence-electron chi connectivity index (χ2n) is 3.50. The number of aromatic amines is 1. The number of H-pyrrole nitrogens is 1. The Hall–Kier alpha value is -1.29. The maximum absolute atomic E-state index is 5.81. The summed E-state index contributed by atoms with van der Waals surface area (Å²) in [5, 5.41) is 3.61. The van der Waals surface area contributed by atoms with Gasteiger partial charge < -0.3 is 10.3 Å². The second-order valence-corrected chi connectivity index (χ2v) is 3.84. The van der Waals surface area contributed by atoms with E-state index in [0.29, 0.717) is 11.3 Å². The quantitative estimate of drug-likeness (QED) is 0.744. The van der Waals surface area contributed by atoms with E-state index in [2.05, 4.69) is 20.3 Å². The summed E-state index contributed by atoms with van der Waals surface area (Å²) < 4.78 is 0. The molecule has 1 saturated carbocycles. The Morgan fingerprint density at radius 1 is 1.43 bits per heavy atom. The Bertz CT molecular complexity index is 475. The van der Waals surface area contributed by atoms with E-state index < -0.39 is 0 Å². The Labute approximate surface area is 85.7 Å². The molecule has 2 aromatic rings. The van der Waals surface area contributed by atoms with Crippen molar-refractivity contribution >= 4 is 28.5 Å². The zero-order valence-electron chi connectivity index (χ0n) is 7.42. The Morgan fingerprint density at radius 2 is 2.29 bits per heavy atom. The van der Waals surface area contributed by atoms with Gasteiger partial charge in [0, 0.05) is 12.2 Å². The van der Waals surface area contributed by atoms with E-state index in [1.165, 1.54) is 12.8 Å². The molecule has 0 bridgehead atoms. The van der Waals surface area contributed by atoms with Crippen molar-refractivity contribution in [1.29, 1.82) is 0 Å². The molecule has 0 aliphatic heterocycles. The number of anilines is 1. The van der Waals surface area contributed by atoms with E-state index >= 15 is 0 Å². The van der Waals surface area contributed by atoms with Crippen LogP contribution in [0.4, 0.5) is 5.82 Å². The van der Waals surface area contributed by atoms with Crippen LogP contribution in [0.15, 0.2) is 12.3 Å². The summed E-state index contributed by atoms with van der Waals surface area (Å²) in [5.41, 5.74) is 1.79. The number of hydrogen-bond donors (Lipinski definition) is 2. The molecular formula is C9H9ClN4. The average molecular weight is 209 g/mol. The highest BCUT2D eigenvalue weighted by atomic mass is 35.5. The number of fused-ring (bicyclic) bond motifs is 1. The van der Waals surface area contributed by atoms with Crippen LogP contribution in [0.3, 0.4) is 0 Å². The first-order valence-electron chi connectivity index (χ1n) is 4.60. The number of hydrogen-bond acceptors (Lipinski definition) is 3. The van der Waals surface area contributed by atoms with Gasteiger partial charge in [-0.2, -0.15) is 4.98 Å². The molecule has 0 amide bonds. The van der Waals surface area contributed by atoms with Crippen LogP contribution in [-0.2, 0) is 0 Å². The lowest BCUT2D eigenvalue weighted by atomic mass is 10.4. The summed E-state index contributed by atoms with van der Waals surface area (Å²) in [5.74, 6) is 0.812. The first-order valence-corrected chi connectivity index (χ1v) is 4.98. The lowest BCUT2D eigenvalue weighted by Gasteiger charge is -2.04. The normalized spacial score (nSPS) is 16.1. The van der Waals surface area contributed by atoms with Gasteiger partial charge in [0.25, 0.3) is 0 Å². The van der Waals surface area contributed by atoms with Crippen LogP contribution >= 0.6 is 11.6 Å². The number of nitrogens with zero attached hydrogens (tertiary/aromatic N) is 2. The minimum Gasteiger partial charge on any atom is -0.365 e. The summed E-state index contributed by atoms with van der Waals surface area (Å²) in [6.45, 7) is 0. The van der Waals surface area contributed by atoms with Gasteiger partial charge in [0.15, 0.2) is 5.82 Å². The van der Waals surface area contributed by atoms with E-state index in [9.17, 15) is 0 Å². The van der Waals surface area contributed by atoms with Crippen LogP contribution in [-0.4, -0.2) is 21.0 Å². The molecule has 72 valence electrons. The largest absolute Gasteiger partial charge is 0.365 e. The average Bonchev–Trinajstić information content (AvgIpc) is 2.81. The molecule has 4 nitrogen and oxygen atoms in total. The second kappa shape index (κ2) is 2.85. The Kier molecular flexibility index (Phi) is 1.64. The van der Waals surface area contributed by atoms with E-state index in [1.807, 2.05) is 12.3 Å². The van der Waals surface area contributed by atoms with Crippen LogP contribution in [0.25, 0.3) is 11.0 Å². The maximum atomic E-state index is 5.81. The third-order valence-corrected chi connectivity index (χ3v) is 2.47. The van der Waals surface area contributed by atoms with Crippen molar-refractivity contribution in [3.63, 3.8) is 0 Å². The van der Waals surface area contributed by atoms with Gasteiger partial charge in [0.1, 0.15) is 5.52 Å². The topological polar surface area (TPSA) is 53.6 Å². The van der Waals surface area contributed by atoms with Crippen LogP contribution in [0.5, 0.6) is 0 Å². The van der Waals surface area contributed by atoms with Crippen LogP contribution in [0.2, 0.25) is 5.28 Å². The van der Waals surface area contributed by atoms with Gasteiger partial charge in [0.2, 0.25) is 5.28 Å². The predicted octanol–water partition coefficient (Wildman–Crippen LogP) is 2.19. The van der Waals surface area contributed by atoms with Crippen molar-refractivity contribution in [3.8, 4) is 0 Å². The zero-order chi connectivity index (χ0) is 9.54. The molecule has 14 heavy (non-hydrogen) atoms. The summed E-state index contributed by atoms with van der Waals surface area (Å²) in [7, 11) is 0. The maximum Gasteiger partial charge on any atom is 0.225 e. The summed E-state index contributed by atoms with van der Waals surface area (Å²) in [4.78, 5) is 11.4. The fraction of sp³-hybridized carbons (Fsp3) is 0.333. The van der Waals surface area contributed by atoms with Crippen molar-refractivity contribution < 1.29 is 0 Å². The van der Waals surface area contributed by atoms with E-state index in [4.69, 9.17) is 11.6 Å². The van der Waals surface area contributed by atoms with Crippen LogP contribution in [0, 0.1) is 0 Å². The molecule has 1 fully saturated rings. The Morgan fingerprint density at radius 3 is 3.07 bits per heavy atom.